The van der Waals surface area contributed by atoms with Crippen LogP contribution in [0.3, 0.4) is 0 Å². The number of carbonyl (C=O) groups excluding carboxylic acids is 2. The Morgan fingerprint density at radius 3 is 2.56 bits per heavy atom. The highest BCUT2D eigenvalue weighted by atomic mass is 35.5. The minimum Gasteiger partial charge on any atom is -0.353 e. The predicted molar refractivity (Wildman–Crippen MR) is 70.5 cm³/mol. The van der Waals surface area contributed by atoms with Gasteiger partial charge in [0.05, 0.1) is 6.54 Å². The summed E-state index contributed by atoms with van der Waals surface area (Å²) < 4.78 is 0. The normalized spacial score (nSPS) is 14.7. The molecule has 5 nitrogen and oxygen atoms in total. The maximum Gasteiger partial charge on any atom is 0.254 e. The third-order valence-corrected chi connectivity index (χ3v) is 2.76. The Labute approximate surface area is 112 Å². The van der Waals surface area contributed by atoms with Gasteiger partial charge >= 0.3 is 0 Å². The van der Waals surface area contributed by atoms with Gasteiger partial charge in [0.25, 0.3) is 5.91 Å². The molecule has 0 unspecified atom stereocenters. The number of halogens is 1. The molecule has 0 aliphatic carbocycles. The molecule has 3 N–H and O–H groups in total. The molecule has 1 fully saturated rings. The summed E-state index contributed by atoms with van der Waals surface area (Å²) in [5, 5.41) is 2.69. The van der Waals surface area contributed by atoms with Gasteiger partial charge in [-0.1, -0.05) is 12.1 Å². The van der Waals surface area contributed by atoms with E-state index in [-0.39, 0.29) is 30.8 Å². The van der Waals surface area contributed by atoms with E-state index in [1.165, 1.54) is 0 Å². The highest BCUT2D eigenvalue weighted by Crippen LogP contribution is 2.08. The SMILES string of the molecule is Cl.NCc1ccc(C(=O)N2CCNC(=O)C2)cc1. The van der Waals surface area contributed by atoms with Gasteiger partial charge in [-0.15, -0.1) is 12.4 Å². The van der Waals surface area contributed by atoms with Gasteiger partial charge in [0.15, 0.2) is 0 Å². The Kier molecular flexibility index (Phi) is 5.12. The van der Waals surface area contributed by atoms with Crippen LogP contribution in [-0.2, 0) is 11.3 Å². The molecule has 0 radical (unpaired) electrons. The van der Waals surface area contributed by atoms with Gasteiger partial charge in [-0.2, -0.15) is 0 Å². The predicted octanol–water partition coefficient (Wildman–Crippen LogP) is 0.139. The maximum atomic E-state index is 12.1. The second kappa shape index (κ2) is 6.37. The molecule has 1 heterocycles. The molecule has 1 aliphatic heterocycles. The standard InChI is InChI=1S/C12H15N3O2.ClH/c13-7-9-1-3-10(4-2-9)12(17)15-6-5-14-11(16)8-15;/h1-4H,5-8,13H2,(H,14,16);1H. The molecular formula is C12H16ClN3O2. The second-order valence-corrected chi connectivity index (χ2v) is 3.98. The van der Waals surface area contributed by atoms with Crippen LogP contribution in [0, 0.1) is 0 Å². The van der Waals surface area contributed by atoms with Crippen LogP contribution in [0.25, 0.3) is 0 Å². The molecule has 6 heteroatoms. The van der Waals surface area contributed by atoms with Crippen molar-refractivity contribution in [3.8, 4) is 0 Å². The first-order chi connectivity index (χ1) is 8.20. The number of rotatable bonds is 2. The van der Waals surface area contributed by atoms with Crippen molar-refractivity contribution in [2.75, 3.05) is 19.6 Å². The summed E-state index contributed by atoms with van der Waals surface area (Å²) in [4.78, 5) is 24.8. The van der Waals surface area contributed by atoms with Crippen molar-refractivity contribution in [3.63, 3.8) is 0 Å². The fraction of sp³-hybridized carbons (Fsp3) is 0.333. The van der Waals surface area contributed by atoms with E-state index in [9.17, 15) is 9.59 Å². The lowest BCUT2D eigenvalue weighted by atomic mass is 10.1. The molecule has 0 atom stereocenters. The van der Waals surface area contributed by atoms with Crippen molar-refractivity contribution in [2.24, 2.45) is 5.73 Å². The summed E-state index contributed by atoms with van der Waals surface area (Å²) in [6, 6.07) is 7.16. The number of piperazine rings is 1. The summed E-state index contributed by atoms with van der Waals surface area (Å²) in [5.41, 5.74) is 7.07. The van der Waals surface area contributed by atoms with Crippen LogP contribution in [0.4, 0.5) is 0 Å². The minimum atomic E-state index is -0.108. The van der Waals surface area contributed by atoms with Gasteiger partial charge in [0.1, 0.15) is 0 Å². The molecule has 2 amide bonds. The molecule has 1 aliphatic rings. The first-order valence-corrected chi connectivity index (χ1v) is 5.55. The van der Waals surface area contributed by atoms with Crippen molar-refractivity contribution >= 4 is 24.2 Å². The molecule has 1 saturated heterocycles. The van der Waals surface area contributed by atoms with Crippen LogP contribution in [0.5, 0.6) is 0 Å². The molecule has 0 spiro atoms. The van der Waals surface area contributed by atoms with E-state index in [1.54, 1.807) is 17.0 Å². The number of nitrogens with one attached hydrogen (secondary N) is 1. The third-order valence-electron chi connectivity index (χ3n) is 2.76. The van der Waals surface area contributed by atoms with Gasteiger partial charge < -0.3 is 16.0 Å². The highest BCUT2D eigenvalue weighted by molar-refractivity contribution is 5.97. The Hall–Kier alpha value is -1.59. The highest BCUT2D eigenvalue weighted by Gasteiger charge is 2.21. The van der Waals surface area contributed by atoms with Crippen molar-refractivity contribution in [3.05, 3.63) is 35.4 Å². The lowest BCUT2D eigenvalue weighted by molar-refractivity contribution is -0.123. The van der Waals surface area contributed by atoms with Crippen LogP contribution in [0.15, 0.2) is 24.3 Å². The number of hydrogen-bond donors (Lipinski definition) is 2. The number of amides is 2. The van der Waals surface area contributed by atoms with Crippen molar-refractivity contribution in [1.29, 1.82) is 0 Å². The Morgan fingerprint density at radius 2 is 2.00 bits per heavy atom. The molecular weight excluding hydrogens is 254 g/mol. The fourth-order valence-corrected chi connectivity index (χ4v) is 1.78. The monoisotopic (exact) mass is 269 g/mol. The average molecular weight is 270 g/mol. The van der Waals surface area contributed by atoms with E-state index in [0.717, 1.165) is 5.56 Å². The average Bonchev–Trinajstić information content (AvgIpc) is 2.38. The largest absolute Gasteiger partial charge is 0.353 e. The minimum absolute atomic E-state index is 0. The molecule has 1 aromatic rings. The Bertz CT molecular complexity index is 433. The van der Waals surface area contributed by atoms with Crippen LogP contribution >= 0.6 is 12.4 Å². The first-order valence-electron chi connectivity index (χ1n) is 5.55. The van der Waals surface area contributed by atoms with Crippen LogP contribution in [0.1, 0.15) is 15.9 Å². The van der Waals surface area contributed by atoms with Gasteiger partial charge in [-0.05, 0) is 17.7 Å². The summed E-state index contributed by atoms with van der Waals surface area (Å²) in [5.74, 6) is -0.216. The van der Waals surface area contributed by atoms with E-state index in [1.807, 2.05) is 12.1 Å². The van der Waals surface area contributed by atoms with Gasteiger partial charge in [-0.25, -0.2) is 0 Å². The van der Waals surface area contributed by atoms with Crippen LogP contribution in [-0.4, -0.2) is 36.3 Å². The summed E-state index contributed by atoms with van der Waals surface area (Å²) >= 11 is 0. The van der Waals surface area contributed by atoms with Crippen molar-refractivity contribution in [1.82, 2.24) is 10.2 Å². The van der Waals surface area contributed by atoms with Gasteiger partial charge in [0, 0.05) is 25.2 Å². The molecule has 1 aromatic carbocycles. The smallest absolute Gasteiger partial charge is 0.254 e. The number of nitrogens with two attached hydrogens (primary N) is 1. The van der Waals surface area contributed by atoms with E-state index < -0.39 is 0 Å². The molecule has 2 rings (SSSR count). The third kappa shape index (κ3) is 3.21. The second-order valence-electron chi connectivity index (χ2n) is 3.98. The van der Waals surface area contributed by atoms with Crippen molar-refractivity contribution < 1.29 is 9.59 Å². The quantitative estimate of drug-likeness (QED) is 0.802. The summed E-state index contributed by atoms with van der Waals surface area (Å²) in [7, 11) is 0. The van der Waals surface area contributed by atoms with Crippen molar-refractivity contribution in [2.45, 2.75) is 6.54 Å². The zero-order valence-electron chi connectivity index (χ0n) is 9.89. The van der Waals surface area contributed by atoms with Gasteiger partial charge in [0.2, 0.25) is 5.91 Å². The summed E-state index contributed by atoms with van der Waals surface area (Å²) in [6.07, 6.45) is 0. The lowest BCUT2D eigenvalue weighted by Crippen LogP contribution is -2.49. The first kappa shape index (κ1) is 14.5. The zero-order chi connectivity index (χ0) is 12.3. The van der Waals surface area contributed by atoms with E-state index in [4.69, 9.17) is 5.73 Å². The van der Waals surface area contributed by atoms with Crippen LogP contribution in [0.2, 0.25) is 0 Å². The number of hydrogen-bond acceptors (Lipinski definition) is 3. The Balaban J connectivity index is 0.00000162. The van der Waals surface area contributed by atoms with E-state index >= 15 is 0 Å². The fourth-order valence-electron chi connectivity index (χ4n) is 1.78. The van der Waals surface area contributed by atoms with Gasteiger partial charge in [-0.3, -0.25) is 9.59 Å². The molecule has 18 heavy (non-hydrogen) atoms. The maximum absolute atomic E-state index is 12.1. The topological polar surface area (TPSA) is 75.4 Å². The van der Waals surface area contributed by atoms with E-state index in [0.29, 0.717) is 25.2 Å². The zero-order valence-corrected chi connectivity index (χ0v) is 10.7. The Morgan fingerprint density at radius 1 is 1.33 bits per heavy atom. The molecule has 0 saturated carbocycles. The number of benzene rings is 1. The molecule has 98 valence electrons. The lowest BCUT2D eigenvalue weighted by Gasteiger charge is -2.26. The summed E-state index contributed by atoms with van der Waals surface area (Å²) in [6.45, 7) is 1.67. The number of carbonyl (C=O) groups is 2. The molecule has 0 aromatic heterocycles. The number of nitrogens with zero attached hydrogens (tertiary/aromatic N) is 1. The molecule has 0 bridgehead atoms. The van der Waals surface area contributed by atoms with E-state index in [2.05, 4.69) is 5.32 Å². The van der Waals surface area contributed by atoms with Crippen LogP contribution < -0.4 is 11.1 Å².